The SMILES string of the molecule is CCCCCCCCCCCCCCCCOP(=O)(CCCN[C@@H](CCC(=O)NCCCN(CCCCN(CCCCC(=O)OC(C)(C)C)C(=O)OC(C)(C)C)C(=O)OC(C)(C)C)C(=O)Nc1ccc(Cn2c(=O)[nH]c3c(N)nc(NCCCC)nc32)cc1)OCCCCCCCCCCCCCCCC. The molecule has 0 aliphatic carbocycles. The van der Waals surface area contributed by atoms with Gasteiger partial charge in [-0.15, -0.1) is 0 Å². The van der Waals surface area contributed by atoms with Crippen molar-refractivity contribution in [1.82, 2.24) is 40.0 Å². The van der Waals surface area contributed by atoms with Crippen molar-refractivity contribution in [3.05, 3.63) is 40.3 Å². The van der Waals surface area contributed by atoms with Crippen LogP contribution in [0.25, 0.3) is 11.2 Å². The molecule has 4 amide bonds. The number of nitrogen functional groups attached to an aromatic ring is 1. The zero-order chi connectivity index (χ0) is 77.9. The van der Waals surface area contributed by atoms with Crippen molar-refractivity contribution in [2.24, 2.45) is 0 Å². The van der Waals surface area contributed by atoms with Gasteiger partial charge in [-0.25, -0.2) is 14.4 Å². The Morgan fingerprint density at radius 2 is 0.972 bits per heavy atom. The molecule has 0 unspecified atom stereocenters. The summed E-state index contributed by atoms with van der Waals surface area (Å²) in [6.45, 7) is 26.5. The summed E-state index contributed by atoms with van der Waals surface area (Å²) in [5, 5.41) is 12.6. The number of aromatic amines is 1. The van der Waals surface area contributed by atoms with Crippen LogP contribution in [0.1, 0.15) is 339 Å². The van der Waals surface area contributed by atoms with Crippen LogP contribution in [-0.4, -0.2) is 147 Å². The van der Waals surface area contributed by atoms with E-state index in [1.165, 1.54) is 146 Å². The monoisotopic (exact) mass is 1510 g/mol. The number of amides is 4. The van der Waals surface area contributed by atoms with Crippen LogP contribution < -0.4 is 32.7 Å². The Morgan fingerprint density at radius 3 is 1.43 bits per heavy atom. The lowest BCUT2D eigenvalue weighted by Gasteiger charge is -2.29. The Kier molecular flexibility index (Phi) is 48.8. The summed E-state index contributed by atoms with van der Waals surface area (Å²) in [7, 11) is -3.50. The number of ether oxygens (including phenoxy) is 3. The molecule has 608 valence electrons. The number of H-pyrrole nitrogens is 1. The van der Waals surface area contributed by atoms with Crippen molar-refractivity contribution in [2.75, 3.05) is 81.6 Å². The molecule has 2 aromatic heterocycles. The number of hydrogen-bond donors (Lipinski definition) is 6. The lowest BCUT2D eigenvalue weighted by atomic mass is 10.0. The van der Waals surface area contributed by atoms with E-state index in [4.69, 9.17) is 29.0 Å². The van der Waals surface area contributed by atoms with E-state index in [0.29, 0.717) is 107 Å². The lowest BCUT2D eigenvalue weighted by Crippen LogP contribution is -2.42. The number of benzene rings is 1. The molecule has 106 heavy (non-hydrogen) atoms. The fourth-order valence-corrected chi connectivity index (χ4v) is 14.2. The van der Waals surface area contributed by atoms with Crippen molar-refractivity contribution in [3.8, 4) is 0 Å². The second kappa shape index (κ2) is 54.8. The first kappa shape index (κ1) is 94.4. The molecule has 1 aromatic carbocycles. The second-order valence-electron chi connectivity index (χ2n) is 32.1. The summed E-state index contributed by atoms with van der Waals surface area (Å²) >= 11 is 0. The third-order valence-corrected chi connectivity index (χ3v) is 20.4. The molecule has 0 aliphatic rings. The van der Waals surface area contributed by atoms with Gasteiger partial charge in [-0.2, -0.15) is 9.97 Å². The average Bonchev–Trinajstić information content (AvgIpc) is 1.63. The van der Waals surface area contributed by atoms with Crippen molar-refractivity contribution < 1.29 is 51.8 Å². The number of aromatic nitrogens is 4. The lowest BCUT2D eigenvalue weighted by molar-refractivity contribution is -0.155. The fraction of sp³-hybridized carbons (Fsp3) is 0.805. The van der Waals surface area contributed by atoms with Crippen LogP contribution in [0.5, 0.6) is 0 Å². The highest BCUT2D eigenvalue weighted by molar-refractivity contribution is 7.53. The van der Waals surface area contributed by atoms with Crippen LogP contribution in [0.15, 0.2) is 29.1 Å². The van der Waals surface area contributed by atoms with Crippen LogP contribution >= 0.6 is 7.60 Å². The third kappa shape index (κ3) is 45.9. The van der Waals surface area contributed by atoms with Gasteiger partial charge in [-0.3, -0.25) is 23.5 Å². The van der Waals surface area contributed by atoms with E-state index in [1.807, 2.05) is 74.4 Å². The Balaban J connectivity index is 1.71. The highest BCUT2D eigenvalue weighted by Gasteiger charge is 2.28. The predicted octanol–water partition coefficient (Wildman–Crippen LogP) is 19.5. The molecule has 0 aliphatic heterocycles. The standard InChI is InChI=1S/C82H148N11O12P/c1-13-16-19-21-23-25-27-29-31-33-35-37-39-45-63-101-106(100,102-64-46-40-38-36-34-32-30-28-26-24-22-20-17-14-2)65-48-58-84-69(75(96)87-68-52-50-67(51-53-68)66-93-74-72(88-77(93)97)73(83)89-76(90-74)86-56-18-15-3)54-55-70(94)85-57-47-62-92(79(99)105-82(10,11)12)61-44-43-60-91(78(98)104-81(7,8)9)59-42-41-49-71(95)103-80(4,5)6/h50-53,69,84H,13-49,54-66H2,1-12H3,(H,85,94)(H,87,96)(H,88,97)(H3,83,86,89,90)/t69-/m0/s1. The van der Waals surface area contributed by atoms with Gasteiger partial charge in [0.05, 0.1) is 32.0 Å². The van der Waals surface area contributed by atoms with Crippen molar-refractivity contribution in [2.45, 2.75) is 363 Å². The van der Waals surface area contributed by atoms with Crippen molar-refractivity contribution >= 4 is 66.2 Å². The Labute approximate surface area is 639 Å². The normalized spacial score (nSPS) is 12.3. The summed E-state index contributed by atoms with van der Waals surface area (Å²) in [6, 6.07) is 6.33. The van der Waals surface area contributed by atoms with Crippen LogP contribution in [-0.2, 0) is 48.8 Å². The molecule has 24 heteroatoms. The van der Waals surface area contributed by atoms with Gasteiger partial charge in [0.15, 0.2) is 11.5 Å². The number of rotatable bonds is 62. The number of nitrogens with two attached hydrogens (primary N) is 1. The number of imidazole rings is 1. The van der Waals surface area contributed by atoms with E-state index >= 15 is 0 Å². The number of unbranched alkanes of at least 4 members (excludes halogenated alkanes) is 29. The molecule has 0 saturated carbocycles. The largest absolute Gasteiger partial charge is 0.460 e. The molecule has 7 N–H and O–H groups in total. The van der Waals surface area contributed by atoms with E-state index < -0.39 is 42.6 Å². The number of carbonyl (C=O) groups is 5. The number of fused-ring (bicyclic) bond motifs is 1. The number of anilines is 3. The molecule has 3 rings (SSSR count). The molecule has 0 bridgehead atoms. The molecular weight excluding hydrogens is 1360 g/mol. The van der Waals surface area contributed by atoms with Crippen molar-refractivity contribution in [3.63, 3.8) is 0 Å². The maximum atomic E-state index is 14.6. The highest BCUT2D eigenvalue weighted by Crippen LogP contribution is 2.49. The summed E-state index contributed by atoms with van der Waals surface area (Å²) < 4.78 is 45.6. The summed E-state index contributed by atoms with van der Waals surface area (Å²) in [5.74, 6) is -0.427. The topological polar surface area (TPSA) is 293 Å². The summed E-state index contributed by atoms with van der Waals surface area (Å²) in [5.41, 5.74) is 5.84. The smallest absolute Gasteiger partial charge is 0.410 e. The predicted molar refractivity (Wildman–Crippen MR) is 433 cm³/mol. The molecule has 2 heterocycles. The van der Waals surface area contributed by atoms with E-state index in [9.17, 15) is 33.3 Å². The first-order chi connectivity index (χ1) is 50.6. The maximum absolute atomic E-state index is 14.6. The molecule has 0 spiro atoms. The molecule has 3 aromatic rings. The fourth-order valence-electron chi connectivity index (χ4n) is 12.5. The number of esters is 1. The Hall–Kier alpha value is -5.77. The van der Waals surface area contributed by atoms with E-state index in [-0.39, 0.29) is 74.3 Å². The minimum absolute atomic E-state index is 0.00133. The quantitative estimate of drug-likeness (QED) is 0.0132. The van der Waals surface area contributed by atoms with E-state index in [1.54, 1.807) is 21.9 Å². The van der Waals surface area contributed by atoms with Gasteiger partial charge in [-0.05, 0) is 151 Å². The Bertz CT molecular complexity index is 2940. The van der Waals surface area contributed by atoms with Crippen LogP contribution in [0, 0.1) is 0 Å². The number of nitrogens with one attached hydrogen (secondary N) is 5. The molecule has 23 nitrogen and oxygen atoms in total. The number of nitrogens with zero attached hydrogens (tertiary/aromatic N) is 5. The molecule has 0 saturated heterocycles. The average molecular weight is 1510 g/mol. The van der Waals surface area contributed by atoms with Gasteiger partial charge in [0, 0.05) is 57.8 Å². The van der Waals surface area contributed by atoms with Gasteiger partial charge < -0.3 is 65.0 Å². The molecule has 0 radical (unpaired) electrons. The molecule has 0 fully saturated rings. The first-order valence-electron chi connectivity index (χ1n) is 41.6. The Morgan fingerprint density at radius 1 is 0.528 bits per heavy atom. The number of hydrogen-bond acceptors (Lipinski definition) is 17. The zero-order valence-corrected chi connectivity index (χ0v) is 69.3. The highest BCUT2D eigenvalue weighted by atomic mass is 31.2. The third-order valence-electron chi connectivity index (χ3n) is 18.4. The van der Waals surface area contributed by atoms with E-state index in [2.05, 4.69) is 57.0 Å². The first-order valence-corrected chi connectivity index (χ1v) is 43.3. The van der Waals surface area contributed by atoms with Gasteiger partial charge in [-0.1, -0.05) is 206 Å². The summed E-state index contributed by atoms with van der Waals surface area (Å²) in [4.78, 5) is 95.8. The summed E-state index contributed by atoms with van der Waals surface area (Å²) in [6.07, 6.45) is 39.2. The number of carbonyl (C=O) groups excluding carboxylic acids is 5. The van der Waals surface area contributed by atoms with Crippen LogP contribution in [0.3, 0.4) is 0 Å². The van der Waals surface area contributed by atoms with Gasteiger partial charge in [0.25, 0.3) is 0 Å². The van der Waals surface area contributed by atoms with Gasteiger partial charge >= 0.3 is 31.4 Å². The maximum Gasteiger partial charge on any atom is 0.410 e. The molecular formula is C82H148N11O12P. The molecule has 1 atom stereocenters. The van der Waals surface area contributed by atoms with Gasteiger partial charge in [0.2, 0.25) is 17.8 Å². The van der Waals surface area contributed by atoms with E-state index in [0.717, 1.165) is 56.9 Å². The minimum atomic E-state index is -3.50. The minimum Gasteiger partial charge on any atom is -0.460 e. The van der Waals surface area contributed by atoms with Gasteiger partial charge in [0.1, 0.15) is 22.3 Å². The zero-order valence-electron chi connectivity index (χ0n) is 68.4. The van der Waals surface area contributed by atoms with Crippen LogP contribution in [0.2, 0.25) is 0 Å². The van der Waals surface area contributed by atoms with Crippen molar-refractivity contribution in [1.29, 1.82) is 0 Å². The second-order valence-corrected chi connectivity index (χ2v) is 34.3. The van der Waals surface area contributed by atoms with Crippen LogP contribution in [0.4, 0.5) is 27.0 Å².